The molecule has 0 atom stereocenters. The normalized spacial score (nSPS) is 16.1. The van der Waals surface area contributed by atoms with Gasteiger partial charge >= 0.3 is 12.1 Å². The predicted molar refractivity (Wildman–Crippen MR) is 70.5 cm³/mol. The maximum Gasteiger partial charge on any atom is 0.443 e. The first-order chi connectivity index (χ1) is 8.85. The minimum atomic E-state index is -0.759. The van der Waals surface area contributed by atoms with Crippen molar-refractivity contribution in [2.45, 2.75) is 52.6 Å². The number of carbonyl (C=O) groups excluding carboxylic acids is 2. The van der Waals surface area contributed by atoms with Gasteiger partial charge in [0.15, 0.2) is 0 Å². The van der Waals surface area contributed by atoms with Crippen molar-refractivity contribution in [3.63, 3.8) is 0 Å². The molecule has 0 aromatic carbocycles. The van der Waals surface area contributed by atoms with E-state index in [0.29, 0.717) is 13.1 Å². The Hall–Kier alpha value is -1.30. The maximum absolute atomic E-state index is 12.2. The van der Waals surface area contributed by atoms with Gasteiger partial charge in [0.25, 0.3) is 0 Å². The monoisotopic (exact) mass is 272 g/mol. The molecular formula is C13H24N2O4. The standard InChI is InChI=1S/C13H24N2O4/c1-5-18-15(12(17)19-13(2,3)4)11(16)14-9-7-6-8-10-14/h5-10H2,1-4H3. The molecule has 1 saturated heterocycles. The molecule has 1 aliphatic heterocycles. The summed E-state index contributed by atoms with van der Waals surface area (Å²) in [6.45, 7) is 8.53. The number of hydrogen-bond donors (Lipinski definition) is 0. The maximum atomic E-state index is 12.2. The van der Waals surface area contributed by atoms with Crippen molar-refractivity contribution in [1.82, 2.24) is 9.96 Å². The first kappa shape index (κ1) is 15.8. The molecule has 1 fully saturated rings. The van der Waals surface area contributed by atoms with E-state index in [-0.39, 0.29) is 6.61 Å². The summed E-state index contributed by atoms with van der Waals surface area (Å²) in [5.74, 6) is 0. The number of carbonyl (C=O) groups is 2. The summed E-state index contributed by atoms with van der Waals surface area (Å²) in [5, 5.41) is 0.733. The smallest absolute Gasteiger partial charge is 0.442 e. The van der Waals surface area contributed by atoms with E-state index < -0.39 is 17.7 Å². The quantitative estimate of drug-likeness (QED) is 0.725. The van der Waals surface area contributed by atoms with Gasteiger partial charge in [-0.05, 0) is 47.0 Å². The Balaban J connectivity index is 2.69. The molecule has 1 aliphatic rings. The third-order valence-electron chi connectivity index (χ3n) is 2.62. The Labute approximate surface area is 114 Å². The van der Waals surface area contributed by atoms with Crippen molar-refractivity contribution in [2.75, 3.05) is 19.7 Å². The predicted octanol–water partition coefficient (Wildman–Crippen LogP) is 2.78. The minimum Gasteiger partial charge on any atom is -0.442 e. The van der Waals surface area contributed by atoms with Crippen molar-refractivity contribution in [2.24, 2.45) is 0 Å². The van der Waals surface area contributed by atoms with Gasteiger partial charge in [-0.2, -0.15) is 0 Å². The van der Waals surface area contributed by atoms with Crippen molar-refractivity contribution < 1.29 is 19.2 Å². The lowest BCUT2D eigenvalue weighted by atomic mass is 10.1. The van der Waals surface area contributed by atoms with E-state index >= 15 is 0 Å². The van der Waals surface area contributed by atoms with Crippen molar-refractivity contribution in [3.8, 4) is 0 Å². The van der Waals surface area contributed by atoms with Gasteiger partial charge < -0.3 is 9.64 Å². The molecule has 0 aromatic rings. The van der Waals surface area contributed by atoms with E-state index in [4.69, 9.17) is 9.57 Å². The molecule has 0 radical (unpaired) electrons. The number of urea groups is 1. The second kappa shape index (κ2) is 6.75. The van der Waals surface area contributed by atoms with Crippen LogP contribution in [-0.4, -0.2) is 47.4 Å². The van der Waals surface area contributed by atoms with Gasteiger partial charge in [-0.25, -0.2) is 9.59 Å². The van der Waals surface area contributed by atoms with Crippen LogP contribution in [-0.2, 0) is 9.57 Å². The number of piperidine rings is 1. The number of hydrogen-bond acceptors (Lipinski definition) is 4. The molecule has 19 heavy (non-hydrogen) atoms. The fourth-order valence-electron chi connectivity index (χ4n) is 1.83. The molecule has 3 amide bonds. The van der Waals surface area contributed by atoms with Crippen molar-refractivity contribution >= 4 is 12.1 Å². The second-order valence-electron chi connectivity index (χ2n) is 5.52. The Kier molecular flexibility index (Phi) is 5.60. The van der Waals surface area contributed by atoms with Crippen LogP contribution in [0, 0.1) is 0 Å². The molecular weight excluding hydrogens is 248 g/mol. The molecule has 0 N–H and O–H groups in total. The Morgan fingerprint density at radius 1 is 1.16 bits per heavy atom. The van der Waals surface area contributed by atoms with Crippen LogP contribution < -0.4 is 0 Å². The molecule has 110 valence electrons. The molecule has 0 spiro atoms. The highest BCUT2D eigenvalue weighted by molar-refractivity contribution is 5.89. The molecule has 0 aromatic heterocycles. The Bertz CT molecular complexity index is 319. The van der Waals surface area contributed by atoms with Crippen LogP contribution >= 0.6 is 0 Å². The summed E-state index contributed by atoms with van der Waals surface area (Å²) in [6, 6.07) is -0.434. The van der Waals surface area contributed by atoms with Gasteiger partial charge in [0.05, 0.1) is 6.61 Å². The first-order valence-electron chi connectivity index (χ1n) is 6.80. The molecule has 1 heterocycles. The zero-order chi connectivity index (χ0) is 14.5. The summed E-state index contributed by atoms with van der Waals surface area (Å²) in [4.78, 5) is 31.0. The molecule has 0 aliphatic carbocycles. The van der Waals surface area contributed by atoms with Crippen molar-refractivity contribution in [3.05, 3.63) is 0 Å². The number of hydroxylamine groups is 2. The molecule has 6 heteroatoms. The SMILES string of the molecule is CCON(C(=O)OC(C)(C)C)C(=O)N1CCCCC1. The van der Waals surface area contributed by atoms with Crippen LogP contribution in [0.3, 0.4) is 0 Å². The zero-order valence-corrected chi connectivity index (χ0v) is 12.3. The van der Waals surface area contributed by atoms with Crippen LogP contribution in [0.25, 0.3) is 0 Å². The lowest BCUT2D eigenvalue weighted by molar-refractivity contribution is -0.116. The molecule has 0 bridgehead atoms. The highest BCUT2D eigenvalue weighted by atomic mass is 16.7. The number of ether oxygens (including phenoxy) is 1. The van der Waals surface area contributed by atoms with E-state index in [1.807, 2.05) is 0 Å². The van der Waals surface area contributed by atoms with Crippen LogP contribution in [0.15, 0.2) is 0 Å². The summed E-state index contributed by atoms with van der Waals surface area (Å²) in [6.07, 6.45) is 2.27. The lowest BCUT2D eigenvalue weighted by Gasteiger charge is -2.31. The molecule has 0 unspecified atom stereocenters. The topological polar surface area (TPSA) is 59.1 Å². The Morgan fingerprint density at radius 2 is 1.74 bits per heavy atom. The van der Waals surface area contributed by atoms with Gasteiger partial charge in [-0.3, -0.25) is 4.84 Å². The first-order valence-corrected chi connectivity index (χ1v) is 6.80. The van der Waals surface area contributed by atoms with Crippen LogP contribution in [0.5, 0.6) is 0 Å². The van der Waals surface area contributed by atoms with Crippen molar-refractivity contribution in [1.29, 1.82) is 0 Å². The fraction of sp³-hybridized carbons (Fsp3) is 0.846. The fourth-order valence-corrected chi connectivity index (χ4v) is 1.83. The summed E-state index contributed by atoms with van der Waals surface area (Å²) < 4.78 is 5.18. The molecule has 6 nitrogen and oxygen atoms in total. The van der Waals surface area contributed by atoms with Crippen LogP contribution in [0.1, 0.15) is 47.0 Å². The number of amides is 3. The number of imide groups is 1. The Morgan fingerprint density at radius 3 is 2.21 bits per heavy atom. The van der Waals surface area contributed by atoms with Gasteiger partial charge in [-0.15, -0.1) is 0 Å². The van der Waals surface area contributed by atoms with E-state index in [0.717, 1.165) is 24.3 Å². The highest BCUT2D eigenvalue weighted by Crippen LogP contribution is 2.15. The van der Waals surface area contributed by atoms with Gasteiger partial charge in [0, 0.05) is 13.1 Å². The summed E-state index contributed by atoms with van der Waals surface area (Å²) in [7, 11) is 0. The summed E-state index contributed by atoms with van der Waals surface area (Å²) >= 11 is 0. The van der Waals surface area contributed by atoms with Gasteiger partial charge in [0.2, 0.25) is 0 Å². The average molecular weight is 272 g/mol. The van der Waals surface area contributed by atoms with E-state index in [1.54, 1.807) is 32.6 Å². The summed E-state index contributed by atoms with van der Waals surface area (Å²) in [5.41, 5.74) is -0.658. The number of nitrogens with zero attached hydrogens (tertiary/aromatic N) is 2. The molecule has 0 saturated carbocycles. The number of likely N-dealkylation sites (tertiary alicyclic amines) is 1. The van der Waals surface area contributed by atoms with E-state index in [9.17, 15) is 9.59 Å². The van der Waals surface area contributed by atoms with Gasteiger partial charge in [0.1, 0.15) is 5.60 Å². The van der Waals surface area contributed by atoms with Crippen LogP contribution in [0.2, 0.25) is 0 Å². The van der Waals surface area contributed by atoms with Crippen LogP contribution in [0.4, 0.5) is 9.59 Å². The highest BCUT2D eigenvalue weighted by Gasteiger charge is 2.32. The third kappa shape index (κ3) is 5.06. The minimum absolute atomic E-state index is 0.235. The van der Waals surface area contributed by atoms with Gasteiger partial charge in [-0.1, -0.05) is 5.06 Å². The third-order valence-corrected chi connectivity index (χ3v) is 2.62. The van der Waals surface area contributed by atoms with E-state index in [1.165, 1.54) is 0 Å². The largest absolute Gasteiger partial charge is 0.443 e. The molecule has 1 rings (SSSR count). The zero-order valence-electron chi connectivity index (χ0n) is 12.3. The average Bonchev–Trinajstić information content (AvgIpc) is 2.34. The second-order valence-corrected chi connectivity index (χ2v) is 5.52. The lowest BCUT2D eigenvalue weighted by Crippen LogP contribution is -2.49. The number of rotatable bonds is 2. The van der Waals surface area contributed by atoms with E-state index in [2.05, 4.69) is 0 Å².